The summed E-state index contributed by atoms with van der Waals surface area (Å²) in [6.45, 7) is 10.7. The van der Waals surface area contributed by atoms with Gasteiger partial charge in [0.2, 0.25) is 0 Å². The summed E-state index contributed by atoms with van der Waals surface area (Å²) in [7, 11) is 0. The molecule has 0 saturated heterocycles. The van der Waals surface area contributed by atoms with Crippen molar-refractivity contribution in [2.45, 2.75) is 32.9 Å². The highest BCUT2D eigenvalue weighted by Gasteiger charge is 2.13. The predicted molar refractivity (Wildman–Crippen MR) is 90.5 cm³/mol. The Morgan fingerprint density at radius 1 is 1.30 bits per heavy atom. The van der Waals surface area contributed by atoms with Crippen LogP contribution in [0.25, 0.3) is 0 Å². The lowest BCUT2D eigenvalue weighted by Crippen LogP contribution is -2.24. The molecule has 1 aromatic heterocycles. The first kappa shape index (κ1) is 16.8. The summed E-state index contributed by atoms with van der Waals surface area (Å²) in [5.41, 5.74) is 1.73. The molecule has 0 aliphatic carbocycles. The van der Waals surface area contributed by atoms with Gasteiger partial charge in [0.1, 0.15) is 11.4 Å². The first-order valence-electron chi connectivity index (χ1n) is 7.56. The zero-order valence-electron chi connectivity index (χ0n) is 13.9. The fraction of sp³-hybridized carbons (Fsp3) is 0.333. The second-order valence-electron chi connectivity index (χ2n) is 6.29. The Labute approximate surface area is 137 Å². The molecule has 2 aromatic rings. The van der Waals surface area contributed by atoms with Gasteiger partial charge in [-0.2, -0.15) is 5.10 Å². The summed E-state index contributed by atoms with van der Waals surface area (Å²) in [6, 6.07) is 9.67. The van der Waals surface area contributed by atoms with Gasteiger partial charge in [-0.1, -0.05) is 39.0 Å². The number of ether oxygens (including phenoxy) is 1. The van der Waals surface area contributed by atoms with E-state index in [0.717, 1.165) is 5.75 Å². The number of carbonyl (C=O) groups is 1. The van der Waals surface area contributed by atoms with Crippen molar-refractivity contribution in [2.24, 2.45) is 0 Å². The van der Waals surface area contributed by atoms with Crippen LogP contribution in [0.4, 0.5) is 0 Å². The molecule has 2 rings (SSSR count). The average Bonchev–Trinajstić information content (AvgIpc) is 2.99. The first-order valence-corrected chi connectivity index (χ1v) is 7.56. The van der Waals surface area contributed by atoms with Gasteiger partial charge in [-0.25, -0.2) is 4.68 Å². The fourth-order valence-corrected chi connectivity index (χ4v) is 2.00. The lowest BCUT2D eigenvalue weighted by molar-refractivity contribution is 0.0951. The Hall–Kier alpha value is -2.56. The van der Waals surface area contributed by atoms with Crippen molar-refractivity contribution in [1.29, 1.82) is 0 Å². The maximum atomic E-state index is 11.7. The standard InChI is InChI=1S/C18H23N3O2/c1-5-11-19-17(22)16-10-12-21(20-16)13-23-15-8-6-14(7-9-15)18(2,3)4/h5-10,12H,1,11,13H2,2-4H3,(H,19,22). The molecule has 0 radical (unpaired) electrons. The highest BCUT2D eigenvalue weighted by Crippen LogP contribution is 2.24. The highest BCUT2D eigenvalue weighted by atomic mass is 16.5. The molecule has 23 heavy (non-hydrogen) atoms. The quantitative estimate of drug-likeness (QED) is 0.834. The van der Waals surface area contributed by atoms with E-state index in [0.29, 0.717) is 12.2 Å². The first-order chi connectivity index (χ1) is 10.9. The van der Waals surface area contributed by atoms with Crippen molar-refractivity contribution >= 4 is 5.91 Å². The third kappa shape index (κ3) is 4.71. The summed E-state index contributed by atoms with van der Waals surface area (Å²) >= 11 is 0. The lowest BCUT2D eigenvalue weighted by atomic mass is 9.87. The maximum Gasteiger partial charge on any atom is 0.272 e. The molecule has 0 aliphatic rings. The van der Waals surface area contributed by atoms with Crippen LogP contribution in [0, 0.1) is 0 Å². The van der Waals surface area contributed by atoms with Gasteiger partial charge in [0.05, 0.1) is 0 Å². The maximum absolute atomic E-state index is 11.7. The van der Waals surface area contributed by atoms with Crippen LogP contribution in [-0.4, -0.2) is 22.2 Å². The van der Waals surface area contributed by atoms with Gasteiger partial charge in [-0.3, -0.25) is 4.79 Å². The summed E-state index contributed by atoms with van der Waals surface area (Å²) < 4.78 is 7.27. The van der Waals surface area contributed by atoms with Crippen LogP contribution in [0.5, 0.6) is 5.75 Å². The molecule has 5 heteroatoms. The summed E-state index contributed by atoms with van der Waals surface area (Å²) in [5.74, 6) is 0.546. The molecule has 0 saturated carbocycles. The van der Waals surface area contributed by atoms with Crippen molar-refractivity contribution in [3.05, 3.63) is 60.4 Å². The van der Waals surface area contributed by atoms with Gasteiger partial charge in [-0.15, -0.1) is 6.58 Å². The van der Waals surface area contributed by atoms with Crippen LogP contribution in [0.3, 0.4) is 0 Å². The number of hydrogen-bond acceptors (Lipinski definition) is 3. The second-order valence-corrected chi connectivity index (χ2v) is 6.29. The van der Waals surface area contributed by atoms with Gasteiger partial charge in [0, 0.05) is 12.7 Å². The SMILES string of the molecule is C=CCNC(=O)c1ccn(COc2ccc(C(C)(C)C)cc2)n1. The summed E-state index contributed by atoms with van der Waals surface area (Å²) in [6.07, 6.45) is 3.34. The molecule has 5 nitrogen and oxygen atoms in total. The predicted octanol–water partition coefficient (Wildman–Crippen LogP) is 3.13. The minimum absolute atomic E-state index is 0.119. The van der Waals surface area contributed by atoms with Crippen molar-refractivity contribution in [1.82, 2.24) is 15.1 Å². The minimum Gasteiger partial charge on any atom is -0.471 e. The van der Waals surface area contributed by atoms with Crippen molar-refractivity contribution in [3.63, 3.8) is 0 Å². The van der Waals surface area contributed by atoms with E-state index < -0.39 is 0 Å². The Morgan fingerprint density at radius 2 is 2.00 bits per heavy atom. The second kappa shape index (κ2) is 7.13. The third-order valence-electron chi connectivity index (χ3n) is 3.36. The number of carbonyl (C=O) groups excluding carboxylic acids is 1. The van der Waals surface area contributed by atoms with E-state index in [1.54, 1.807) is 23.0 Å². The van der Waals surface area contributed by atoms with Crippen LogP contribution in [0.15, 0.2) is 49.2 Å². The monoisotopic (exact) mass is 313 g/mol. The number of nitrogens with zero attached hydrogens (tertiary/aromatic N) is 2. The molecule has 0 aliphatic heterocycles. The number of rotatable bonds is 6. The fourth-order valence-electron chi connectivity index (χ4n) is 2.00. The number of hydrogen-bond donors (Lipinski definition) is 1. The summed E-state index contributed by atoms with van der Waals surface area (Å²) in [5, 5.41) is 6.86. The molecule has 1 aromatic carbocycles. The molecule has 0 fully saturated rings. The molecular weight excluding hydrogens is 290 g/mol. The Balaban J connectivity index is 1.92. The molecule has 0 atom stereocenters. The number of aromatic nitrogens is 2. The van der Waals surface area contributed by atoms with Crippen LogP contribution in [-0.2, 0) is 12.1 Å². The molecule has 0 bridgehead atoms. The topological polar surface area (TPSA) is 56.2 Å². The lowest BCUT2D eigenvalue weighted by Gasteiger charge is -2.19. The normalized spacial score (nSPS) is 11.1. The number of benzene rings is 1. The minimum atomic E-state index is -0.224. The molecule has 1 amide bonds. The van der Waals surface area contributed by atoms with Gasteiger partial charge >= 0.3 is 0 Å². The average molecular weight is 313 g/mol. The van der Waals surface area contributed by atoms with E-state index in [9.17, 15) is 4.79 Å². The molecule has 122 valence electrons. The van der Waals surface area contributed by atoms with Crippen LogP contribution >= 0.6 is 0 Å². The smallest absolute Gasteiger partial charge is 0.272 e. The van der Waals surface area contributed by atoms with Gasteiger partial charge in [0.25, 0.3) is 5.91 Å². The Morgan fingerprint density at radius 3 is 2.61 bits per heavy atom. The van der Waals surface area contributed by atoms with Crippen LogP contribution in [0.2, 0.25) is 0 Å². The molecular formula is C18H23N3O2. The molecule has 0 spiro atoms. The van der Waals surface area contributed by atoms with E-state index in [1.807, 2.05) is 12.1 Å². The molecule has 1 N–H and O–H groups in total. The van der Waals surface area contributed by atoms with Crippen molar-refractivity contribution in [3.8, 4) is 5.75 Å². The van der Waals surface area contributed by atoms with Gasteiger partial charge in [-0.05, 0) is 29.2 Å². The zero-order valence-corrected chi connectivity index (χ0v) is 13.9. The molecule has 1 heterocycles. The van der Waals surface area contributed by atoms with Crippen molar-refractivity contribution in [2.75, 3.05) is 6.54 Å². The van der Waals surface area contributed by atoms with Gasteiger partial charge < -0.3 is 10.1 Å². The zero-order chi connectivity index (χ0) is 16.9. The van der Waals surface area contributed by atoms with Crippen molar-refractivity contribution < 1.29 is 9.53 Å². The largest absolute Gasteiger partial charge is 0.471 e. The Bertz CT molecular complexity index is 666. The highest BCUT2D eigenvalue weighted by molar-refractivity contribution is 5.92. The van der Waals surface area contributed by atoms with E-state index >= 15 is 0 Å². The van der Waals surface area contributed by atoms with Crippen LogP contribution in [0.1, 0.15) is 36.8 Å². The van der Waals surface area contributed by atoms with Gasteiger partial charge in [0.15, 0.2) is 6.73 Å². The Kier molecular flexibility index (Phi) is 5.21. The van der Waals surface area contributed by atoms with E-state index in [4.69, 9.17) is 4.74 Å². The van der Waals surface area contributed by atoms with E-state index in [-0.39, 0.29) is 18.1 Å². The van der Waals surface area contributed by atoms with Crippen LogP contribution < -0.4 is 10.1 Å². The summed E-state index contributed by atoms with van der Waals surface area (Å²) in [4.78, 5) is 11.7. The van der Waals surface area contributed by atoms with E-state index in [1.165, 1.54) is 5.56 Å². The van der Waals surface area contributed by atoms with E-state index in [2.05, 4.69) is 49.9 Å². The number of amides is 1. The molecule has 0 unspecified atom stereocenters. The number of nitrogens with one attached hydrogen (secondary N) is 1. The third-order valence-corrected chi connectivity index (χ3v) is 3.36.